The highest BCUT2D eigenvalue weighted by Crippen LogP contribution is 2.20. The molecule has 2 rings (SSSR count). The van der Waals surface area contributed by atoms with Gasteiger partial charge in [-0.15, -0.1) is 10.2 Å². The highest BCUT2D eigenvalue weighted by atomic mass is 16.5. The molecule has 20 heavy (non-hydrogen) atoms. The van der Waals surface area contributed by atoms with Gasteiger partial charge in [-0.25, -0.2) is 0 Å². The number of hydrogen-bond acceptors (Lipinski definition) is 5. The lowest BCUT2D eigenvalue weighted by molar-refractivity contribution is -0.125. The molecule has 1 aromatic carbocycles. The Labute approximate surface area is 116 Å². The zero-order chi connectivity index (χ0) is 14.5. The molecule has 3 N–H and O–H groups in total. The van der Waals surface area contributed by atoms with Crippen LogP contribution in [0.3, 0.4) is 0 Å². The third kappa shape index (κ3) is 3.01. The van der Waals surface area contributed by atoms with E-state index >= 15 is 0 Å². The van der Waals surface area contributed by atoms with E-state index in [4.69, 9.17) is 10.5 Å². The van der Waals surface area contributed by atoms with E-state index in [2.05, 4.69) is 15.5 Å². The normalized spacial score (nSPS) is 12.2. The number of carbonyl (C=O) groups is 1. The highest BCUT2D eigenvalue weighted by Gasteiger charge is 2.16. The van der Waals surface area contributed by atoms with Crippen molar-refractivity contribution in [2.75, 3.05) is 19.0 Å². The Hall–Kier alpha value is -2.25. The molecule has 0 radical (unpaired) electrons. The molecule has 7 nitrogen and oxygen atoms in total. The fourth-order valence-corrected chi connectivity index (χ4v) is 1.81. The molecule has 0 aliphatic rings. The van der Waals surface area contributed by atoms with Crippen LogP contribution in [0.2, 0.25) is 0 Å². The van der Waals surface area contributed by atoms with Crippen LogP contribution in [0.15, 0.2) is 30.6 Å². The summed E-state index contributed by atoms with van der Waals surface area (Å²) in [5.74, 6) is 0.452. The second-order valence-corrected chi connectivity index (χ2v) is 4.30. The van der Waals surface area contributed by atoms with E-state index in [-0.39, 0.29) is 12.5 Å². The minimum absolute atomic E-state index is 0.130. The van der Waals surface area contributed by atoms with Crippen molar-refractivity contribution in [3.63, 3.8) is 0 Å². The van der Waals surface area contributed by atoms with Gasteiger partial charge in [-0.05, 0) is 12.1 Å². The molecule has 1 heterocycles. The van der Waals surface area contributed by atoms with Gasteiger partial charge in [0.05, 0.1) is 0 Å². The zero-order valence-electron chi connectivity index (χ0n) is 11.4. The number of aryl methyl sites for hydroxylation is 1. The second kappa shape index (κ2) is 6.27. The lowest BCUT2D eigenvalue weighted by Gasteiger charge is -2.13. The largest absolute Gasteiger partial charge is 0.370 e. The number of carbonyl (C=O) groups excluding carboxylic acids is 1. The van der Waals surface area contributed by atoms with Gasteiger partial charge in [0.2, 0.25) is 0 Å². The molecule has 0 aliphatic heterocycles. The number of nitrogens with zero attached hydrogens (tertiary/aromatic N) is 3. The fraction of sp³-hybridized carbons (Fsp3) is 0.308. The summed E-state index contributed by atoms with van der Waals surface area (Å²) >= 11 is 0. The maximum absolute atomic E-state index is 11.9. The number of nitrogens with one attached hydrogen (secondary N) is 1. The monoisotopic (exact) mass is 275 g/mol. The van der Waals surface area contributed by atoms with Crippen molar-refractivity contribution in [1.82, 2.24) is 14.8 Å². The SMILES string of the molecule is COC(CN)C(=O)Nc1cccc(-c2nncn2C)c1. The topological polar surface area (TPSA) is 95.1 Å². The van der Waals surface area contributed by atoms with Gasteiger partial charge in [-0.2, -0.15) is 0 Å². The van der Waals surface area contributed by atoms with E-state index in [1.54, 1.807) is 17.0 Å². The number of amides is 1. The number of nitrogens with two attached hydrogens (primary N) is 1. The van der Waals surface area contributed by atoms with Crippen LogP contribution in [0.4, 0.5) is 5.69 Å². The maximum atomic E-state index is 11.9. The average molecular weight is 275 g/mol. The van der Waals surface area contributed by atoms with Crippen molar-refractivity contribution < 1.29 is 9.53 Å². The molecular formula is C13H17N5O2. The van der Waals surface area contributed by atoms with Crippen molar-refractivity contribution >= 4 is 11.6 Å². The van der Waals surface area contributed by atoms with Crippen molar-refractivity contribution in [3.05, 3.63) is 30.6 Å². The fourth-order valence-electron chi connectivity index (χ4n) is 1.81. The summed E-state index contributed by atoms with van der Waals surface area (Å²) in [5.41, 5.74) is 6.98. The quantitative estimate of drug-likeness (QED) is 0.823. The number of anilines is 1. The Bertz CT molecular complexity index is 592. The molecule has 106 valence electrons. The molecule has 0 saturated carbocycles. The third-order valence-corrected chi connectivity index (χ3v) is 2.89. The first-order valence-corrected chi connectivity index (χ1v) is 6.14. The van der Waals surface area contributed by atoms with E-state index < -0.39 is 6.10 Å². The third-order valence-electron chi connectivity index (χ3n) is 2.89. The summed E-state index contributed by atoms with van der Waals surface area (Å²) in [7, 11) is 3.31. The van der Waals surface area contributed by atoms with Crippen molar-refractivity contribution in [3.8, 4) is 11.4 Å². The van der Waals surface area contributed by atoms with Crippen LogP contribution in [-0.2, 0) is 16.6 Å². The van der Waals surface area contributed by atoms with Crippen LogP contribution >= 0.6 is 0 Å². The smallest absolute Gasteiger partial charge is 0.254 e. The Kier molecular flexibility index (Phi) is 4.44. The summed E-state index contributed by atoms with van der Waals surface area (Å²) in [6.45, 7) is 0.130. The van der Waals surface area contributed by atoms with Gasteiger partial charge in [0.25, 0.3) is 5.91 Å². The molecule has 1 atom stereocenters. The molecule has 0 saturated heterocycles. The number of aromatic nitrogens is 3. The maximum Gasteiger partial charge on any atom is 0.254 e. The molecular weight excluding hydrogens is 258 g/mol. The number of benzene rings is 1. The minimum Gasteiger partial charge on any atom is -0.370 e. The molecule has 0 spiro atoms. The number of hydrogen-bond donors (Lipinski definition) is 2. The van der Waals surface area contributed by atoms with Crippen LogP contribution in [-0.4, -0.2) is 40.4 Å². The number of methoxy groups -OCH3 is 1. The van der Waals surface area contributed by atoms with E-state index in [1.165, 1.54) is 7.11 Å². The van der Waals surface area contributed by atoms with Crippen LogP contribution in [0, 0.1) is 0 Å². The molecule has 1 aromatic heterocycles. The van der Waals surface area contributed by atoms with Gasteiger partial charge < -0.3 is 20.4 Å². The summed E-state index contributed by atoms with van der Waals surface area (Å²) in [6.07, 6.45) is 0.962. The van der Waals surface area contributed by atoms with Gasteiger partial charge in [-0.3, -0.25) is 4.79 Å². The second-order valence-electron chi connectivity index (χ2n) is 4.30. The predicted octanol–water partition coefficient (Wildman–Crippen LogP) is 0.394. The Morgan fingerprint density at radius 2 is 2.35 bits per heavy atom. The van der Waals surface area contributed by atoms with Gasteiger partial charge in [-0.1, -0.05) is 12.1 Å². The van der Waals surface area contributed by atoms with Crippen LogP contribution < -0.4 is 11.1 Å². The van der Waals surface area contributed by atoms with Crippen LogP contribution in [0.25, 0.3) is 11.4 Å². The summed E-state index contributed by atoms with van der Waals surface area (Å²) in [4.78, 5) is 11.9. The standard InChI is InChI=1S/C13H17N5O2/c1-18-8-15-17-12(18)9-4-3-5-10(6-9)16-13(19)11(7-14)20-2/h3-6,8,11H,7,14H2,1-2H3,(H,16,19). The predicted molar refractivity (Wildman–Crippen MR) is 74.9 cm³/mol. The van der Waals surface area contributed by atoms with Crippen molar-refractivity contribution in [2.45, 2.75) is 6.10 Å². The van der Waals surface area contributed by atoms with E-state index in [9.17, 15) is 4.79 Å². The van der Waals surface area contributed by atoms with Crippen molar-refractivity contribution in [1.29, 1.82) is 0 Å². The highest BCUT2D eigenvalue weighted by molar-refractivity contribution is 5.94. The van der Waals surface area contributed by atoms with Crippen molar-refractivity contribution in [2.24, 2.45) is 12.8 Å². The molecule has 7 heteroatoms. The van der Waals surface area contributed by atoms with Gasteiger partial charge in [0.1, 0.15) is 12.4 Å². The molecule has 0 aliphatic carbocycles. The first kappa shape index (κ1) is 14.2. The number of ether oxygens (including phenoxy) is 1. The molecule has 2 aromatic rings. The Morgan fingerprint density at radius 3 is 2.95 bits per heavy atom. The Morgan fingerprint density at radius 1 is 1.55 bits per heavy atom. The number of rotatable bonds is 5. The van der Waals surface area contributed by atoms with Gasteiger partial charge in [0.15, 0.2) is 5.82 Å². The van der Waals surface area contributed by atoms with Crippen LogP contribution in [0.5, 0.6) is 0 Å². The zero-order valence-corrected chi connectivity index (χ0v) is 11.4. The van der Waals surface area contributed by atoms with E-state index in [0.717, 1.165) is 11.4 Å². The van der Waals surface area contributed by atoms with E-state index in [1.807, 2.05) is 25.2 Å². The molecule has 0 fully saturated rings. The lowest BCUT2D eigenvalue weighted by atomic mass is 10.2. The minimum atomic E-state index is -0.659. The van der Waals surface area contributed by atoms with E-state index in [0.29, 0.717) is 5.69 Å². The molecule has 0 bridgehead atoms. The summed E-state index contributed by atoms with van der Waals surface area (Å²) < 4.78 is 6.80. The summed E-state index contributed by atoms with van der Waals surface area (Å²) in [5, 5.41) is 10.6. The average Bonchev–Trinajstić information content (AvgIpc) is 2.86. The Balaban J connectivity index is 2.19. The van der Waals surface area contributed by atoms with Gasteiger partial charge >= 0.3 is 0 Å². The lowest BCUT2D eigenvalue weighted by Crippen LogP contribution is -2.35. The first-order chi connectivity index (χ1) is 9.65. The molecule has 1 amide bonds. The van der Waals surface area contributed by atoms with Gasteiger partial charge in [0, 0.05) is 32.0 Å². The first-order valence-electron chi connectivity index (χ1n) is 6.14. The van der Waals surface area contributed by atoms with Crippen LogP contribution in [0.1, 0.15) is 0 Å². The molecule has 1 unspecified atom stereocenters. The summed E-state index contributed by atoms with van der Waals surface area (Å²) in [6, 6.07) is 7.35.